The number of nitrogens with zero attached hydrogens (tertiary/aromatic N) is 2. The minimum Gasteiger partial charge on any atom is -0.493 e. The minimum absolute atomic E-state index is 0.294. The van der Waals surface area contributed by atoms with E-state index in [0.29, 0.717) is 34.2 Å². The average molecular weight is 299 g/mol. The zero-order chi connectivity index (χ0) is 13.8. The van der Waals surface area contributed by atoms with Gasteiger partial charge in [-0.2, -0.15) is 0 Å². The van der Waals surface area contributed by atoms with Crippen LogP contribution < -0.4 is 9.47 Å². The maximum absolute atomic E-state index is 5.86. The Hall–Kier alpha value is -1.52. The normalized spacial score (nSPS) is 10.3. The number of rotatable bonds is 4. The Balaban J connectivity index is 2.45. The summed E-state index contributed by atoms with van der Waals surface area (Å²) in [5.41, 5.74) is 0.754. The van der Waals surface area contributed by atoms with Gasteiger partial charge in [-0.25, -0.2) is 9.97 Å². The van der Waals surface area contributed by atoms with Crippen molar-refractivity contribution >= 4 is 23.2 Å². The van der Waals surface area contributed by atoms with Crippen molar-refractivity contribution in [2.45, 2.75) is 6.92 Å². The molecular formula is C13H12Cl2N2O2. The van der Waals surface area contributed by atoms with Crippen molar-refractivity contribution in [3.05, 3.63) is 34.6 Å². The van der Waals surface area contributed by atoms with Crippen LogP contribution in [0.5, 0.6) is 11.5 Å². The molecule has 2 rings (SSSR count). The van der Waals surface area contributed by atoms with E-state index in [-0.39, 0.29) is 0 Å². The smallest absolute Gasteiger partial charge is 0.162 e. The second-order valence-corrected chi connectivity index (χ2v) is 4.41. The molecule has 0 aliphatic carbocycles. The molecule has 0 spiro atoms. The number of methoxy groups -OCH3 is 1. The first-order valence-electron chi connectivity index (χ1n) is 5.65. The van der Waals surface area contributed by atoms with Crippen LogP contribution in [-0.4, -0.2) is 23.7 Å². The summed E-state index contributed by atoms with van der Waals surface area (Å²) >= 11 is 11.7. The van der Waals surface area contributed by atoms with Crippen LogP contribution in [0.4, 0.5) is 0 Å². The third-order valence-corrected chi connectivity index (χ3v) is 2.77. The van der Waals surface area contributed by atoms with Crippen LogP contribution in [0.15, 0.2) is 24.3 Å². The number of halogens is 2. The number of hydrogen-bond donors (Lipinski definition) is 0. The predicted octanol–water partition coefficient (Wildman–Crippen LogP) is 3.86. The van der Waals surface area contributed by atoms with Gasteiger partial charge >= 0.3 is 0 Å². The lowest BCUT2D eigenvalue weighted by Crippen LogP contribution is -1.96. The molecule has 0 amide bonds. The first kappa shape index (κ1) is 13.9. The first-order valence-corrected chi connectivity index (χ1v) is 6.41. The Morgan fingerprint density at radius 2 is 1.74 bits per heavy atom. The highest BCUT2D eigenvalue weighted by Gasteiger charge is 2.10. The van der Waals surface area contributed by atoms with E-state index in [9.17, 15) is 0 Å². The zero-order valence-electron chi connectivity index (χ0n) is 10.5. The van der Waals surface area contributed by atoms with Crippen LogP contribution in [0.1, 0.15) is 6.92 Å². The van der Waals surface area contributed by atoms with Gasteiger partial charge in [0.15, 0.2) is 17.3 Å². The lowest BCUT2D eigenvalue weighted by atomic mass is 10.2. The van der Waals surface area contributed by atoms with Crippen molar-refractivity contribution in [3.8, 4) is 22.9 Å². The number of hydrogen-bond acceptors (Lipinski definition) is 4. The van der Waals surface area contributed by atoms with E-state index in [2.05, 4.69) is 9.97 Å². The molecule has 1 aromatic heterocycles. The maximum atomic E-state index is 5.86. The number of aromatic nitrogens is 2. The Labute approximate surface area is 121 Å². The number of benzene rings is 1. The summed E-state index contributed by atoms with van der Waals surface area (Å²) in [5.74, 6) is 1.72. The second kappa shape index (κ2) is 6.08. The summed E-state index contributed by atoms with van der Waals surface area (Å²) in [6, 6.07) is 6.90. The van der Waals surface area contributed by atoms with Gasteiger partial charge in [0, 0.05) is 11.6 Å². The molecule has 0 atom stereocenters. The van der Waals surface area contributed by atoms with E-state index >= 15 is 0 Å². The van der Waals surface area contributed by atoms with E-state index in [1.54, 1.807) is 19.2 Å². The molecule has 19 heavy (non-hydrogen) atoms. The molecule has 0 fully saturated rings. The molecule has 100 valence electrons. The lowest BCUT2D eigenvalue weighted by Gasteiger charge is -2.10. The molecule has 0 unspecified atom stereocenters. The van der Waals surface area contributed by atoms with Gasteiger partial charge in [-0.1, -0.05) is 23.2 Å². The Morgan fingerprint density at radius 1 is 1.05 bits per heavy atom. The van der Waals surface area contributed by atoms with Crippen LogP contribution in [0, 0.1) is 0 Å². The Bertz CT molecular complexity index is 571. The second-order valence-electron chi connectivity index (χ2n) is 3.64. The van der Waals surface area contributed by atoms with E-state index in [4.69, 9.17) is 32.7 Å². The van der Waals surface area contributed by atoms with Crippen LogP contribution >= 0.6 is 23.2 Å². The SMILES string of the molecule is CCOc1ccc(-c2nc(Cl)cc(Cl)n2)cc1OC. The van der Waals surface area contributed by atoms with Gasteiger partial charge in [0.25, 0.3) is 0 Å². The van der Waals surface area contributed by atoms with Crippen molar-refractivity contribution in [1.29, 1.82) is 0 Å². The molecule has 4 nitrogen and oxygen atoms in total. The fourth-order valence-electron chi connectivity index (χ4n) is 1.60. The third-order valence-electron chi connectivity index (χ3n) is 2.39. The summed E-state index contributed by atoms with van der Waals surface area (Å²) < 4.78 is 10.7. The molecule has 0 saturated carbocycles. The standard InChI is InChI=1S/C13H12Cl2N2O2/c1-3-19-9-5-4-8(6-10(9)18-2)13-16-11(14)7-12(15)17-13/h4-7H,3H2,1-2H3. The zero-order valence-corrected chi connectivity index (χ0v) is 12.0. The van der Waals surface area contributed by atoms with E-state index in [0.717, 1.165) is 5.56 Å². The first-order chi connectivity index (χ1) is 9.13. The van der Waals surface area contributed by atoms with E-state index < -0.39 is 0 Å². The topological polar surface area (TPSA) is 44.2 Å². The van der Waals surface area contributed by atoms with Crippen molar-refractivity contribution in [1.82, 2.24) is 9.97 Å². The van der Waals surface area contributed by atoms with Gasteiger partial charge in [-0.15, -0.1) is 0 Å². The van der Waals surface area contributed by atoms with Crippen molar-refractivity contribution < 1.29 is 9.47 Å². The fraction of sp³-hybridized carbons (Fsp3) is 0.231. The Kier molecular flexibility index (Phi) is 4.45. The fourth-order valence-corrected chi connectivity index (χ4v) is 2.02. The molecule has 1 aromatic carbocycles. The number of ether oxygens (including phenoxy) is 2. The van der Waals surface area contributed by atoms with Gasteiger partial charge in [0.2, 0.25) is 0 Å². The molecule has 0 aliphatic rings. The maximum Gasteiger partial charge on any atom is 0.162 e. The molecule has 0 saturated heterocycles. The molecule has 0 aliphatic heterocycles. The molecule has 0 radical (unpaired) electrons. The summed E-state index contributed by atoms with van der Waals surface area (Å²) in [7, 11) is 1.58. The third kappa shape index (κ3) is 3.28. The summed E-state index contributed by atoms with van der Waals surface area (Å²) in [4.78, 5) is 8.26. The minimum atomic E-state index is 0.294. The van der Waals surface area contributed by atoms with E-state index in [1.807, 2.05) is 13.0 Å². The Morgan fingerprint density at radius 3 is 2.32 bits per heavy atom. The van der Waals surface area contributed by atoms with Crippen molar-refractivity contribution in [3.63, 3.8) is 0 Å². The highest BCUT2D eigenvalue weighted by atomic mass is 35.5. The summed E-state index contributed by atoms with van der Waals surface area (Å²) in [6.07, 6.45) is 0. The average Bonchev–Trinajstić information content (AvgIpc) is 2.38. The van der Waals surface area contributed by atoms with Gasteiger partial charge < -0.3 is 9.47 Å². The van der Waals surface area contributed by atoms with Crippen molar-refractivity contribution in [2.75, 3.05) is 13.7 Å². The quantitative estimate of drug-likeness (QED) is 0.804. The lowest BCUT2D eigenvalue weighted by molar-refractivity contribution is 0.311. The summed E-state index contributed by atoms with van der Waals surface area (Å²) in [5, 5.41) is 0.589. The highest BCUT2D eigenvalue weighted by Crippen LogP contribution is 2.32. The molecule has 0 N–H and O–H groups in total. The highest BCUT2D eigenvalue weighted by molar-refractivity contribution is 6.33. The largest absolute Gasteiger partial charge is 0.493 e. The van der Waals surface area contributed by atoms with Crippen LogP contribution in [0.2, 0.25) is 10.3 Å². The van der Waals surface area contributed by atoms with Crippen LogP contribution in [0.3, 0.4) is 0 Å². The monoisotopic (exact) mass is 298 g/mol. The molecule has 1 heterocycles. The molecule has 0 bridgehead atoms. The van der Waals surface area contributed by atoms with Crippen LogP contribution in [0.25, 0.3) is 11.4 Å². The summed E-state index contributed by atoms with van der Waals surface area (Å²) in [6.45, 7) is 2.47. The van der Waals surface area contributed by atoms with Crippen LogP contribution in [-0.2, 0) is 0 Å². The molecular weight excluding hydrogens is 287 g/mol. The van der Waals surface area contributed by atoms with Gasteiger partial charge in [-0.05, 0) is 25.1 Å². The predicted molar refractivity (Wildman–Crippen MR) is 75.2 cm³/mol. The van der Waals surface area contributed by atoms with Gasteiger partial charge in [-0.3, -0.25) is 0 Å². The van der Waals surface area contributed by atoms with Crippen molar-refractivity contribution in [2.24, 2.45) is 0 Å². The molecule has 6 heteroatoms. The van der Waals surface area contributed by atoms with Gasteiger partial charge in [0.1, 0.15) is 10.3 Å². The molecule has 2 aromatic rings. The van der Waals surface area contributed by atoms with E-state index in [1.165, 1.54) is 6.07 Å². The van der Waals surface area contributed by atoms with Gasteiger partial charge in [0.05, 0.1) is 13.7 Å².